The Hall–Kier alpha value is -2.72. The van der Waals surface area contributed by atoms with E-state index in [0.717, 1.165) is 44.1 Å². The predicted molar refractivity (Wildman–Crippen MR) is 121 cm³/mol. The molecule has 1 amide bonds. The molecule has 1 aromatic heterocycles. The number of rotatable bonds is 8. The molecule has 178 valence electrons. The van der Waals surface area contributed by atoms with E-state index in [9.17, 15) is 13.6 Å². The van der Waals surface area contributed by atoms with Gasteiger partial charge in [-0.25, -0.2) is 4.98 Å². The Labute approximate surface area is 195 Å². The maximum atomic E-state index is 12.4. The molecule has 1 aromatic carbocycles. The quantitative estimate of drug-likeness (QED) is 0.595. The molecule has 0 bridgehead atoms. The van der Waals surface area contributed by atoms with Crippen LogP contribution in [0, 0.1) is 5.92 Å². The number of halogens is 3. The Kier molecular flexibility index (Phi) is 7.77. The number of carbonyl (C=O) groups is 1. The first-order valence-corrected chi connectivity index (χ1v) is 11.3. The third-order valence-electron chi connectivity index (χ3n) is 5.75. The number of nitrogens with one attached hydrogen (secondary N) is 2. The van der Waals surface area contributed by atoms with Gasteiger partial charge in [0.05, 0.1) is 26.0 Å². The third kappa shape index (κ3) is 6.42. The molecule has 2 fully saturated rings. The number of hydrogen-bond donors (Lipinski definition) is 2. The lowest BCUT2D eigenvalue weighted by Gasteiger charge is -2.28. The number of ether oxygens (including phenoxy) is 2. The van der Waals surface area contributed by atoms with Crippen molar-refractivity contribution in [1.82, 2.24) is 15.3 Å². The summed E-state index contributed by atoms with van der Waals surface area (Å²) in [6, 6.07) is 7.71. The molecule has 0 spiro atoms. The van der Waals surface area contributed by atoms with Gasteiger partial charge in [-0.2, -0.15) is 13.8 Å². The van der Waals surface area contributed by atoms with Gasteiger partial charge in [0.25, 0.3) is 5.91 Å². The Morgan fingerprint density at radius 2 is 2.00 bits per heavy atom. The average molecular weight is 482 g/mol. The highest BCUT2D eigenvalue weighted by atomic mass is 35.5. The molecule has 2 aromatic rings. The topological polar surface area (TPSA) is 88.6 Å². The summed E-state index contributed by atoms with van der Waals surface area (Å²) in [5, 5.41) is 5.79. The fourth-order valence-corrected chi connectivity index (χ4v) is 4.18. The Bertz CT molecular complexity index is 944. The van der Waals surface area contributed by atoms with Gasteiger partial charge in [0.15, 0.2) is 0 Å². The number of carbonyl (C=O) groups excluding carboxylic acids is 1. The van der Waals surface area contributed by atoms with Crippen LogP contribution < -0.4 is 20.3 Å². The van der Waals surface area contributed by atoms with Gasteiger partial charge >= 0.3 is 6.43 Å². The van der Waals surface area contributed by atoms with E-state index < -0.39 is 12.3 Å². The molecule has 2 heterocycles. The van der Waals surface area contributed by atoms with Crippen LogP contribution in [0.15, 0.2) is 30.5 Å². The zero-order valence-corrected chi connectivity index (χ0v) is 18.7. The van der Waals surface area contributed by atoms with Crippen molar-refractivity contribution < 1.29 is 23.0 Å². The molecule has 0 unspecified atom stereocenters. The first kappa shape index (κ1) is 23.4. The summed E-state index contributed by atoms with van der Waals surface area (Å²) >= 11 is 6.19. The molecule has 1 aliphatic carbocycles. The maximum Gasteiger partial charge on any atom is 0.315 e. The number of morpholine rings is 1. The van der Waals surface area contributed by atoms with E-state index >= 15 is 0 Å². The van der Waals surface area contributed by atoms with Crippen LogP contribution in [0.2, 0.25) is 5.02 Å². The van der Waals surface area contributed by atoms with E-state index in [2.05, 4.69) is 25.5 Å². The van der Waals surface area contributed by atoms with Crippen LogP contribution in [-0.4, -0.2) is 61.3 Å². The third-order valence-corrected chi connectivity index (χ3v) is 6.01. The zero-order chi connectivity index (χ0) is 23.2. The summed E-state index contributed by atoms with van der Waals surface area (Å²) in [7, 11) is 0. The molecule has 0 radical (unpaired) electrons. The SMILES string of the molecule is O=C(N[C@H]1CC[C@@H](COc2nc(Nc3ccc(N4CCOCC4)cc3)ncc2Cl)C1)C(F)F. The van der Waals surface area contributed by atoms with E-state index in [-0.39, 0.29) is 22.9 Å². The molecule has 2 aliphatic rings. The zero-order valence-electron chi connectivity index (χ0n) is 18.0. The molecule has 8 nitrogen and oxygen atoms in total. The summed E-state index contributed by atoms with van der Waals surface area (Å²) in [5.74, 6) is -0.515. The second-order valence-corrected chi connectivity index (χ2v) is 8.52. The van der Waals surface area contributed by atoms with Crippen LogP contribution >= 0.6 is 11.6 Å². The molecule has 1 saturated heterocycles. The lowest BCUT2D eigenvalue weighted by atomic mass is 10.1. The monoisotopic (exact) mass is 481 g/mol. The lowest BCUT2D eigenvalue weighted by molar-refractivity contribution is -0.132. The van der Waals surface area contributed by atoms with Crippen molar-refractivity contribution in [3.05, 3.63) is 35.5 Å². The molecule has 1 saturated carbocycles. The van der Waals surface area contributed by atoms with E-state index in [1.807, 2.05) is 24.3 Å². The van der Waals surface area contributed by atoms with Crippen LogP contribution in [0.3, 0.4) is 0 Å². The van der Waals surface area contributed by atoms with E-state index in [0.29, 0.717) is 25.4 Å². The summed E-state index contributed by atoms with van der Waals surface area (Å²) in [5.41, 5.74) is 1.96. The Morgan fingerprint density at radius 1 is 1.24 bits per heavy atom. The van der Waals surface area contributed by atoms with Crippen molar-refractivity contribution in [2.75, 3.05) is 43.1 Å². The van der Waals surface area contributed by atoms with Crippen LogP contribution in [0.4, 0.5) is 26.1 Å². The minimum absolute atomic E-state index is 0.114. The van der Waals surface area contributed by atoms with Gasteiger partial charge in [0, 0.05) is 30.5 Å². The molecule has 2 atom stereocenters. The summed E-state index contributed by atoms with van der Waals surface area (Å²) in [6.45, 7) is 3.52. The van der Waals surface area contributed by atoms with E-state index in [1.54, 1.807) is 0 Å². The van der Waals surface area contributed by atoms with E-state index in [4.69, 9.17) is 21.1 Å². The number of alkyl halides is 2. The number of anilines is 3. The summed E-state index contributed by atoms with van der Waals surface area (Å²) in [4.78, 5) is 22.0. The van der Waals surface area contributed by atoms with Crippen molar-refractivity contribution in [2.45, 2.75) is 31.7 Å². The Morgan fingerprint density at radius 3 is 2.73 bits per heavy atom. The number of amides is 1. The molecule has 1 aliphatic heterocycles. The minimum Gasteiger partial charge on any atom is -0.476 e. The van der Waals surface area contributed by atoms with Gasteiger partial charge in [-0.1, -0.05) is 11.6 Å². The number of hydrogen-bond acceptors (Lipinski definition) is 7. The van der Waals surface area contributed by atoms with Gasteiger partial charge in [-0.15, -0.1) is 0 Å². The summed E-state index contributed by atoms with van der Waals surface area (Å²) < 4.78 is 36.0. The predicted octanol–water partition coefficient (Wildman–Crippen LogP) is 3.64. The highest BCUT2D eigenvalue weighted by Gasteiger charge is 2.29. The Balaban J connectivity index is 1.30. The molecular formula is C22H26ClF2N5O3. The van der Waals surface area contributed by atoms with Crippen LogP contribution in [0.5, 0.6) is 5.88 Å². The summed E-state index contributed by atoms with van der Waals surface area (Å²) in [6.07, 6.45) is 0.437. The maximum absolute atomic E-state index is 12.4. The smallest absolute Gasteiger partial charge is 0.315 e. The largest absolute Gasteiger partial charge is 0.476 e. The highest BCUT2D eigenvalue weighted by Crippen LogP contribution is 2.29. The van der Waals surface area contributed by atoms with Crippen molar-refractivity contribution in [2.24, 2.45) is 5.92 Å². The molecular weight excluding hydrogens is 456 g/mol. The lowest BCUT2D eigenvalue weighted by Crippen LogP contribution is -2.37. The van der Waals surface area contributed by atoms with Gasteiger partial charge < -0.3 is 25.0 Å². The standard InChI is InChI=1S/C22H26ClF2N5O3/c23-18-12-26-22(28-15-3-5-17(6-4-15)30-7-9-32-10-8-30)29-21(18)33-13-14-1-2-16(11-14)27-20(31)19(24)25/h3-6,12,14,16,19H,1-2,7-11,13H2,(H,27,31)(H,26,28,29)/t14-,16+/m1/s1. The fraction of sp³-hybridized carbons (Fsp3) is 0.500. The van der Waals surface area contributed by atoms with Crippen LogP contribution in [0.25, 0.3) is 0 Å². The van der Waals surface area contributed by atoms with E-state index in [1.165, 1.54) is 6.20 Å². The normalized spacial score (nSPS) is 20.7. The molecule has 33 heavy (non-hydrogen) atoms. The van der Waals surface area contributed by atoms with Crippen molar-refractivity contribution in [3.63, 3.8) is 0 Å². The fourth-order valence-electron chi connectivity index (χ4n) is 4.04. The van der Waals surface area contributed by atoms with Gasteiger partial charge in [0.2, 0.25) is 11.8 Å². The highest BCUT2D eigenvalue weighted by molar-refractivity contribution is 6.31. The molecule has 11 heteroatoms. The molecule has 2 N–H and O–H groups in total. The van der Waals surface area contributed by atoms with Gasteiger partial charge in [-0.05, 0) is 49.4 Å². The van der Waals surface area contributed by atoms with Crippen molar-refractivity contribution in [1.29, 1.82) is 0 Å². The number of benzene rings is 1. The first-order chi connectivity index (χ1) is 16.0. The van der Waals surface area contributed by atoms with Crippen molar-refractivity contribution in [3.8, 4) is 5.88 Å². The average Bonchev–Trinajstić information content (AvgIpc) is 3.27. The second kappa shape index (κ2) is 10.9. The van der Waals surface area contributed by atoms with Crippen LogP contribution in [0.1, 0.15) is 19.3 Å². The van der Waals surface area contributed by atoms with Crippen molar-refractivity contribution >= 4 is 34.8 Å². The second-order valence-electron chi connectivity index (χ2n) is 8.11. The van der Waals surface area contributed by atoms with Crippen LogP contribution in [-0.2, 0) is 9.53 Å². The van der Waals surface area contributed by atoms with Gasteiger partial charge in [-0.3, -0.25) is 4.79 Å². The number of nitrogens with zero attached hydrogens (tertiary/aromatic N) is 3. The van der Waals surface area contributed by atoms with Gasteiger partial charge in [0.1, 0.15) is 5.02 Å². The number of aromatic nitrogens is 2. The molecule has 4 rings (SSSR count). The minimum atomic E-state index is -3.00. The first-order valence-electron chi connectivity index (χ1n) is 10.9.